The maximum Gasteiger partial charge on any atom is 0.338 e. The minimum absolute atomic E-state index is 0.0179. The summed E-state index contributed by atoms with van der Waals surface area (Å²) < 4.78 is 18.2. The van der Waals surface area contributed by atoms with Crippen LogP contribution in [0.1, 0.15) is 46.6 Å². The van der Waals surface area contributed by atoms with Gasteiger partial charge in [0.05, 0.1) is 12.2 Å². The molecule has 0 amide bonds. The number of fused-ring (bicyclic) bond motifs is 2. The van der Waals surface area contributed by atoms with Crippen molar-refractivity contribution in [2.45, 2.75) is 71.6 Å². The van der Waals surface area contributed by atoms with E-state index in [4.69, 9.17) is 14.2 Å². The highest BCUT2D eigenvalue weighted by atomic mass is 16.6. The lowest BCUT2D eigenvalue weighted by atomic mass is 9.73. The van der Waals surface area contributed by atoms with E-state index >= 15 is 0 Å². The van der Waals surface area contributed by atoms with Gasteiger partial charge in [-0.2, -0.15) is 0 Å². The normalized spacial score (nSPS) is 34.0. The van der Waals surface area contributed by atoms with Crippen molar-refractivity contribution in [2.24, 2.45) is 17.8 Å². The van der Waals surface area contributed by atoms with E-state index in [0.29, 0.717) is 11.8 Å². The van der Waals surface area contributed by atoms with Gasteiger partial charge in [0, 0.05) is 5.92 Å². The van der Waals surface area contributed by atoms with Crippen molar-refractivity contribution >= 4 is 5.97 Å². The molecule has 5 atom stereocenters. The summed E-state index contributed by atoms with van der Waals surface area (Å²) >= 11 is 0. The average Bonchev–Trinajstić information content (AvgIpc) is 3.01. The Bertz CT molecular complexity index is 597. The number of carbonyl (C=O) groups excluding carboxylic acids is 1. The van der Waals surface area contributed by atoms with Gasteiger partial charge in [0.15, 0.2) is 6.10 Å². The summed E-state index contributed by atoms with van der Waals surface area (Å²) in [6.45, 7) is 11.0. The van der Waals surface area contributed by atoms with Crippen molar-refractivity contribution in [1.82, 2.24) is 0 Å². The fourth-order valence-electron chi connectivity index (χ4n) is 4.70. The van der Waals surface area contributed by atoms with Gasteiger partial charge in [0.25, 0.3) is 0 Å². The molecule has 0 spiro atoms. The molecule has 2 bridgehead atoms. The molecular weight excluding hydrogens is 316 g/mol. The van der Waals surface area contributed by atoms with Crippen LogP contribution in [0, 0.1) is 17.8 Å². The number of hydrogen-bond acceptors (Lipinski definition) is 4. The highest BCUT2D eigenvalue weighted by Crippen LogP contribution is 2.54. The number of hydrogen-bond donors (Lipinski definition) is 0. The van der Waals surface area contributed by atoms with Crippen LogP contribution < -0.4 is 0 Å². The van der Waals surface area contributed by atoms with E-state index in [2.05, 4.69) is 27.7 Å². The van der Waals surface area contributed by atoms with E-state index in [1.165, 1.54) is 0 Å². The molecule has 0 aliphatic carbocycles. The molecule has 1 aromatic carbocycles. The third kappa shape index (κ3) is 3.34. The zero-order valence-electron chi connectivity index (χ0n) is 15.9. The van der Waals surface area contributed by atoms with Gasteiger partial charge in [-0.25, -0.2) is 4.79 Å². The van der Waals surface area contributed by atoms with Gasteiger partial charge in [-0.3, -0.25) is 0 Å². The Morgan fingerprint density at radius 1 is 1.20 bits per heavy atom. The first-order valence-electron chi connectivity index (χ1n) is 9.39. The molecule has 0 aromatic heterocycles. The second-order valence-electron chi connectivity index (χ2n) is 8.22. The van der Waals surface area contributed by atoms with Gasteiger partial charge in [0.2, 0.25) is 0 Å². The first kappa shape index (κ1) is 18.4. The summed E-state index contributed by atoms with van der Waals surface area (Å²) in [5, 5.41) is 0. The highest BCUT2D eigenvalue weighted by molar-refractivity contribution is 5.77. The maximum absolute atomic E-state index is 12.8. The predicted octanol–water partition coefficient (Wildman–Crippen LogP) is 3.97. The van der Waals surface area contributed by atoms with Crippen LogP contribution in [0.3, 0.4) is 0 Å². The van der Waals surface area contributed by atoms with Gasteiger partial charge >= 0.3 is 5.97 Å². The minimum atomic E-state index is -0.632. The van der Waals surface area contributed by atoms with E-state index in [0.717, 1.165) is 12.0 Å². The summed E-state index contributed by atoms with van der Waals surface area (Å²) in [5.74, 6) is 0.725. The Morgan fingerprint density at radius 2 is 1.88 bits per heavy atom. The first-order chi connectivity index (χ1) is 11.8. The van der Waals surface area contributed by atoms with Gasteiger partial charge < -0.3 is 14.2 Å². The molecule has 2 aliphatic rings. The third-order valence-electron chi connectivity index (χ3n) is 5.41. The third-order valence-corrected chi connectivity index (χ3v) is 5.41. The van der Waals surface area contributed by atoms with E-state index < -0.39 is 11.7 Å². The number of rotatable bonds is 6. The molecule has 4 heteroatoms. The van der Waals surface area contributed by atoms with Crippen molar-refractivity contribution in [3.05, 3.63) is 35.9 Å². The lowest BCUT2D eigenvalue weighted by molar-refractivity contribution is -0.207. The van der Waals surface area contributed by atoms with Crippen LogP contribution in [0.25, 0.3) is 0 Å². The van der Waals surface area contributed by atoms with Crippen LogP contribution in [0.5, 0.6) is 0 Å². The lowest BCUT2D eigenvalue weighted by Gasteiger charge is -2.38. The van der Waals surface area contributed by atoms with E-state index in [9.17, 15) is 4.79 Å². The molecule has 25 heavy (non-hydrogen) atoms. The molecule has 0 N–H and O–H groups in total. The highest BCUT2D eigenvalue weighted by Gasteiger charge is 2.68. The quantitative estimate of drug-likeness (QED) is 0.731. The van der Waals surface area contributed by atoms with Crippen LogP contribution in [-0.2, 0) is 25.6 Å². The minimum Gasteiger partial charge on any atom is -0.459 e. The largest absolute Gasteiger partial charge is 0.459 e. The monoisotopic (exact) mass is 346 g/mol. The van der Waals surface area contributed by atoms with Gasteiger partial charge in [-0.15, -0.1) is 0 Å². The second-order valence-corrected chi connectivity index (χ2v) is 8.22. The average molecular weight is 346 g/mol. The van der Waals surface area contributed by atoms with Crippen molar-refractivity contribution < 1.29 is 19.0 Å². The summed E-state index contributed by atoms with van der Waals surface area (Å²) in [7, 11) is 0. The zero-order valence-corrected chi connectivity index (χ0v) is 15.9. The lowest BCUT2D eigenvalue weighted by Crippen LogP contribution is -2.52. The number of carbonyl (C=O) groups is 1. The Morgan fingerprint density at radius 3 is 2.48 bits per heavy atom. The summed E-state index contributed by atoms with van der Waals surface area (Å²) in [6.07, 6.45) is 0.159. The first-order valence-corrected chi connectivity index (χ1v) is 9.39. The molecule has 2 fully saturated rings. The van der Waals surface area contributed by atoms with E-state index in [1.54, 1.807) is 0 Å². The molecule has 1 aromatic rings. The van der Waals surface area contributed by atoms with Crippen molar-refractivity contribution in [2.75, 3.05) is 0 Å². The molecule has 3 rings (SSSR count). The van der Waals surface area contributed by atoms with Gasteiger partial charge in [-0.05, 0) is 30.7 Å². The van der Waals surface area contributed by atoms with Crippen LogP contribution in [0.15, 0.2) is 30.3 Å². The van der Waals surface area contributed by atoms with Gasteiger partial charge in [-0.1, -0.05) is 58.0 Å². The Kier molecular flexibility index (Phi) is 5.21. The molecule has 1 unspecified atom stereocenters. The smallest absolute Gasteiger partial charge is 0.338 e. The number of esters is 1. The standard InChI is InChI=1S/C21H30O4/c1-13(2)11-21-17(14(3)4)18(15(5)25-21)24-19(21)20(22)23-12-16-9-7-6-8-10-16/h6-10,13-15,17-19H,11-12H2,1-5H3/t15-,17-,18-,19?,21+/m0/s1. The maximum atomic E-state index is 12.8. The van der Waals surface area contributed by atoms with Gasteiger partial charge in [0.1, 0.15) is 12.2 Å². The summed E-state index contributed by atoms with van der Waals surface area (Å²) in [4.78, 5) is 12.8. The van der Waals surface area contributed by atoms with Crippen molar-refractivity contribution in [3.63, 3.8) is 0 Å². The molecule has 138 valence electrons. The molecule has 4 nitrogen and oxygen atoms in total. The number of ether oxygens (including phenoxy) is 3. The molecule has 2 heterocycles. The summed E-state index contributed by atoms with van der Waals surface area (Å²) in [6, 6.07) is 9.74. The molecule has 0 saturated carbocycles. The Balaban J connectivity index is 1.79. The van der Waals surface area contributed by atoms with Crippen molar-refractivity contribution in [1.29, 1.82) is 0 Å². The Labute approximate surface area is 150 Å². The number of benzene rings is 1. The fourth-order valence-corrected chi connectivity index (χ4v) is 4.70. The fraction of sp³-hybridized carbons (Fsp3) is 0.667. The zero-order chi connectivity index (χ0) is 18.2. The van der Waals surface area contributed by atoms with E-state index in [-0.39, 0.29) is 30.7 Å². The Hall–Kier alpha value is -1.39. The van der Waals surface area contributed by atoms with Crippen LogP contribution >= 0.6 is 0 Å². The van der Waals surface area contributed by atoms with Crippen LogP contribution in [0.4, 0.5) is 0 Å². The summed E-state index contributed by atoms with van der Waals surface area (Å²) in [5.41, 5.74) is 0.409. The SMILES string of the molecule is CC(C)C[C@]12O[C@@H](C)[C@H](OC1C(=O)OCc1ccccc1)[C@@H]2C(C)C. The molecular formula is C21H30O4. The topological polar surface area (TPSA) is 44.8 Å². The molecule has 0 radical (unpaired) electrons. The van der Waals surface area contributed by atoms with Crippen molar-refractivity contribution in [3.8, 4) is 0 Å². The van der Waals surface area contributed by atoms with Crippen LogP contribution in [0.2, 0.25) is 0 Å². The predicted molar refractivity (Wildman–Crippen MR) is 96.0 cm³/mol. The van der Waals surface area contributed by atoms with Crippen LogP contribution in [-0.4, -0.2) is 29.9 Å². The second kappa shape index (κ2) is 7.08. The molecule has 2 saturated heterocycles. The van der Waals surface area contributed by atoms with E-state index in [1.807, 2.05) is 37.3 Å². The molecule has 2 aliphatic heterocycles.